The van der Waals surface area contributed by atoms with Crippen LogP contribution in [0.15, 0.2) is 17.5 Å². The van der Waals surface area contributed by atoms with E-state index in [1.165, 1.54) is 11.3 Å². The van der Waals surface area contributed by atoms with Crippen LogP contribution in [0.2, 0.25) is 0 Å². The molecule has 0 saturated heterocycles. The average molecular weight is 193 g/mol. The normalized spacial score (nSPS) is 10.2. The third-order valence-electron chi connectivity index (χ3n) is 1.78. The van der Waals surface area contributed by atoms with E-state index in [1.54, 1.807) is 11.4 Å². The molecule has 0 spiro atoms. The van der Waals surface area contributed by atoms with Crippen LogP contribution in [0.3, 0.4) is 0 Å². The molecule has 13 heavy (non-hydrogen) atoms. The Balaban J connectivity index is 2.99. The van der Waals surface area contributed by atoms with Crippen molar-refractivity contribution in [1.29, 1.82) is 5.26 Å². The van der Waals surface area contributed by atoms with Gasteiger partial charge in [-0.3, -0.25) is 0 Å². The smallest absolute Gasteiger partial charge is 0.137 e. The lowest BCUT2D eigenvalue weighted by molar-refractivity contribution is 0.469. The fraction of sp³-hybridized carbons (Fsp3) is 0. The molecule has 1 aromatic carbocycles. The lowest BCUT2D eigenvalue weighted by Crippen LogP contribution is -1.81. The van der Waals surface area contributed by atoms with Gasteiger partial charge in [-0.05, 0) is 11.4 Å². The summed E-state index contributed by atoms with van der Waals surface area (Å²) in [5, 5.41) is 20.0. The fourth-order valence-corrected chi connectivity index (χ4v) is 2.09. The number of phenols is 1. The van der Waals surface area contributed by atoms with E-state index in [1.807, 2.05) is 6.07 Å². The number of nitriles is 1. The van der Waals surface area contributed by atoms with Crippen LogP contribution in [0, 0.1) is 17.1 Å². The summed E-state index contributed by atoms with van der Waals surface area (Å²) in [7, 11) is 0. The fourth-order valence-electron chi connectivity index (χ4n) is 1.19. The van der Waals surface area contributed by atoms with Gasteiger partial charge in [-0.1, -0.05) is 0 Å². The highest BCUT2D eigenvalue weighted by Crippen LogP contribution is 2.32. The largest absolute Gasteiger partial charge is 0.506 e. The Morgan fingerprint density at radius 1 is 1.54 bits per heavy atom. The number of fused-ring (bicyclic) bond motifs is 1. The SMILES string of the molecule is N#Cc1c(O)cc(F)c2ccsc12. The monoisotopic (exact) mass is 193 g/mol. The maximum Gasteiger partial charge on any atom is 0.137 e. The van der Waals surface area contributed by atoms with E-state index < -0.39 is 5.82 Å². The highest BCUT2D eigenvalue weighted by atomic mass is 32.1. The summed E-state index contributed by atoms with van der Waals surface area (Å²) in [5.41, 5.74) is 0.145. The van der Waals surface area contributed by atoms with Crippen LogP contribution in [0.1, 0.15) is 5.56 Å². The molecule has 1 heterocycles. The van der Waals surface area contributed by atoms with E-state index >= 15 is 0 Å². The number of rotatable bonds is 0. The predicted molar refractivity (Wildman–Crippen MR) is 48.2 cm³/mol. The third kappa shape index (κ3) is 1.05. The van der Waals surface area contributed by atoms with E-state index in [4.69, 9.17) is 5.26 Å². The zero-order chi connectivity index (χ0) is 9.42. The van der Waals surface area contributed by atoms with Crippen LogP contribution in [0.4, 0.5) is 4.39 Å². The van der Waals surface area contributed by atoms with Crippen LogP contribution in [-0.4, -0.2) is 5.11 Å². The second kappa shape index (κ2) is 2.71. The molecule has 2 rings (SSSR count). The molecule has 0 fully saturated rings. The predicted octanol–water partition coefficient (Wildman–Crippen LogP) is 2.62. The summed E-state index contributed by atoms with van der Waals surface area (Å²) in [6, 6.07) is 4.40. The number of hydrogen-bond donors (Lipinski definition) is 1. The first-order valence-electron chi connectivity index (χ1n) is 3.53. The maximum absolute atomic E-state index is 13.1. The molecule has 0 aliphatic rings. The number of phenolic OH excluding ortho intramolecular Hbond substituents is 1. The lowest BCUT2D eigenvalue weighted by Gasteiger charge is -1.98. The summed E-state index contributed by atoms with van der Waals surface area (Å²) in [6.45, 7) is 0. The molecule has 2 aromatic rings. The van der Waals surface area contributed by atoms with E-state index in [-0.39, 0.29) is 11.3 Å². The van der Waals surface area contributed by atoms with Gasteiger partial charge in [-0.2, -0.15) is 5.26 Å². The van der Waals surface area contributed by atoms with Crippen molar-refractivity contribution in [2.45, 2.75) is 0 Å². The Labute approximate surface area is 77.5 Å². The number of halogens is 1. The van der Waals surface area contributed by atoms with Gasteiger partial charge in [-0.25, -0.2) is 4.39 Å². The zero-order valence-electron chi connectivity index (χ0n) is 6.41. The van der Waals surface area contributed by atoms with Crippen molar-refractivity contribution in [1.82, 2.24) is 0 Å². The van der Waals surface area contributed by atoms with Crippen molar-refractivity contribution in [3.8, 4) is 11.8 Å². The van der Waals surface area contributed by atoms with E-state index in [0.717, 1.165) is 6.07 Å². The number of nitrogens with zero attached hydrogens (tertiary/aromatic N) is 1. The molecule has 0 bridgehead atoms. The summed E-state index contributed by atoms with van der Waals surface area (Å²) in [6.07, 6.45) is 0. The van der Waals surface area contributed by atoms with Crippen molar-refractivity contribution in [2.75, 3.05) is 0 Å². The van der Waals surface area contributed by atoms with Crippen LogP contribution in [0.25, 0.3) is 10.1 Å². The minimum absolute atomic E-state index is 0.145. The van der Waals surface area contributed by atoms with Crippen molar-refractivity contribution < 1.29 is 9.50 Å². The molecule has 0 aliphatic heterocycles. The third-order valence-corrected chi connectivity index (χ3v) is 2.71. The number of aromatic hydroxyl groups is 1. The van der Waals surface area contributed by atoms with Crippen molar-refractivity contribution in [3.63, 3.8) is 0 Å². The number of hydrogen-bond acceptors (Lipinski definition) is 3. The molecular formula is C9H4FNOS. The van der Waals surface area contributed by atoms with Crippen LogP contribution in [-0.2, 0) is 0 Å². The number of benzene rings is 1. The standard InChI is InChI=1S/C9H4FNOS/c10-7-3-8(12)6(4-11)9-5(7)1-2-13-9/h1-3,12H. The van der Waals surface area contributed by atoms with Gasteiger partial charge < -0.3 is 5.11 Å². The summed E-state index contributed by atoms with van der Waals surface area (Å²) in [4.78, 5) is 0. The molecule has 0 aliphatic carbocycles. The molecule has 1 aromatic heterocycles. The molecule has 0 amide bonds. The Bertz CT molecular complexity index is 512. The van der Waals surface area contributed by atoms with Crippen LogP contribution < -0.4 is 0 Å². The summed E-state index contributed by atoms with van der Waals surface area (Å²) >= 11 is 1.24. The molecule has 0 atom stereocenters. The Morgan fingerprint density at radius 3 is 3.00 bits per heavy atom. The van der Waals surface area contributed by atoms with Gasteiger partial charge in [0.15, 0.2) is 0 Å². The molecule has 0 unspecified atom stereocenters. The van der Waals surface area contributed by atoms with Gasteiger partial charge in [0.2, 0.25) is 0 Å². The van der Waals surface area contributed by atoms with Gasteiger partial charge in [0, 0.05) is 11.5 Å². The highest BCUT2D eigenvalue weighted by molar-refractivity contribution is 7.17. The maximum atomic E-state index is 13.1. The van der Waals surface area contributed by atoms with Crippen LogP contribution in [0.5, 0.6) is 5.75 Å². The molecular weight excluding hydrogens is 189 g/mol. The van der Waals surface area contributed by atoms with Gasteiger partial charge in [0.25, 0.3) is 0 Å². The Hall–Kier alpha value is -1.60. The Morgan fingerprint density at radius 2 is 2.31 bits per heavy atom. The minimum Gasteiger partial charge on any atom is -0.506 e. The molecule has 0 saturated carbocycles. The van der Waals surface area contributed by atoms with Gasteiger partial charge in [0.1, 0.15) is 23.2 Å². The first-order chi connectivity index (χ1) is 6.24. The van der Waals surface area contributed by atoms with E-state index in [2.05, 4.69) is 0 Å². The molecule has 64 valence electrons. The van der Waals surface area contributed by atoms with Gasteiger partial charge >= 0.3 is 0 Å². The van der Waals surface area contributed by atoms with Crippen molar-refractivity contribution in [3.05, 3.63) is 28.9 Å². The quantitative estimate of drug-likeness (QED) is 0.698. The first-order valence-corrected chi connectivity index (χ1v) is 4.41. The zero-order valence-corrected chi connectivity index (χ0v) is 7.23. The second-order valence-electron chi connectivity index (χ2n) is 2.53. The number of thiophene rings is 1. The molecule has 4 heteroatoms. The summed E-state index contributed by atoms with van der Waals surface area (Å²) in [5.74, 6) is -0.789. The lowest BCUT2D eigenvalue weighted by atomic mass is 10.1. The molecule has 1 N–H and O–H groups in total. The van der Waals surface area contributed by atoms with Crippen LogP contribution >= 0.6 is 11.3 Å². The van der Waals surface area contributed by atoms with Gasteiger partial charge in [0.05, 0.1) is 4.70 Å². The second-order valence-corrected chi connectivity index (χ2v) is 3.44. The first kappa shape index (κ1) is 8.02. The van der Waals surface area contributed by atoms with Crippen molar-refractivity contribution >= 4 is 21.4 Å². The summed E-state index contributed by atoms with van der Waals surface area (Å²) < 4.78 is 13.6. The van der Waals surface area contributed by atoms with Crippen molar-refractivity contribution in [2.24, 2.45) is 0 Å². The van der Waals surface area contributed by atoms with Gasteiger partial charge in [-0.15, -0.1) is 11.3 Å². The molecule has 0 radical (unpaired) electrons. The minimum atomic E-state index is -0.493. The van der Waals surface area contributed by atoms with E-state index in [0.29, 0.717) is 10.1 Å². The Kier molecular flexibility index (Phi) is 1.67. The van der Waals surface area contributed by atoms with E-state index in [9.17, 15) is 9.50 Å². The average Bonchev–Trinajstić information content (AvgIpc) is 2.53. The topological polar surface area (TPSA) is 44.0 Å². The molecule has 2 nitrogen and oxygen atoms in total. The highest BCUT2D eigenvalue weighted by Gasteiger charge is 2.11.